The zero-order valence-electron chi connectivity index (χ0n) is 20.7. The molecule has 0 unspecified atom stereocenters. The van der Waals surface area contributed by atoms with E-state index in [1.807, 2.05) is 54.8 Å². The van der Waals surface area contributed by atoms with E-state index in [0.717, 1.165) is 49.9 Å². The van der Waals surface area contributed by atoms with Crippen molar-refractivity contribution in [3.8, 4) is 5.69 Å². The van der Waals surface area contributed by atoms with Crippen LogP contribution in [0, 0.1) is 25.7 Å². The summed E-state index contributed by atoms with van der Waals surface area (Å²) in [5.41, 5.74) is 7.95. The maximum Gasteiger partial charge on any atom is 0.254 e. The second-order valence-corrected chi connectivity index (χ2v) is 11.1. The first kappa shape index (κ1) is 23.4. The van der Waals surface area contributed by atoms with Gasteiger partial charge in [-0.15, -0.1) is 0 Å². The lowest BCUT2D eigenvalue weighted by atomic mass is 9.55. The molecule has 8 rings (SSSR count). The van der Waals surface area contributed by atoms with Gasteiger partial charge in [0, 0.05) is 33.8 Å². The van der Waals surface area contributed by atoms with Crippen molar-refractivity contribution in [2.75, 3.05) is 0 Å². The van der Waals surface area contributed by atoms with Crippen LogP contribution in [0.3, 0.4) is 0 Å². The quantitative estimate of drug-likeness (QED) is 0.217. The Labute approximate surface area is 230 Å². The smallest absolute Gasteiger partial charge is 0.254 e. The van der Waals surface area contributed by atoms with Crippen LogP contribution in [-0.2, 0) is 9.59 Å². The third-order valence-electron chi connectivity index (χ3n) is 8.36. The SMILES string of the molecule is Cc1cc(/C=N\N2C(=O)[C@@H]3C4c5ccccc5C(c5ccccc54)[C@@H]3C2=O)c(C)n1-c1cc(Cl)ccc1Cl. The van der Waals surface area contributed by atoms with Gasteiger partial charge < -0.3 is 4.57 Å². The van der Waals surface area contributed by atoms with Crippen LogP contribution >= 0.6 is 23.2 Å². The molecule has 4 aliphatic rings. The molecule has 2 amide bonds. The highest BCUT2D eigenvalue weighted by molar-refractivity contribution is 6.34. The summed E-state index contributed by atoms with van der Waals surface area (Å²) in [5.74, 6) is -1.67. The standard InChI is InChI=1S/C31H23Cl2N3O2/c1-16-13-18(17(2)35(16)25-14-19(32)11-12-24(25)33)15-34-36-30(37)28-26-20-7-3-4-8-21(20)27(29(28)31(36)38)23-10-6-5-9-22(23)26/h3-15,26-29H,1-2H3/b34-15-/t26?,27?,28-,29+. The lowest BCUT2D eigenvalue weighted by molar-refractivity contribution is -0.139. The van der Waals surface area contributed by atoms with Crippen LogP contribution in [0.15, 0.2) is 77.9 Å². The first-order valence-corrected chi connectivity index (χ1v) is 13.4. The maximum atomic E-state index is 13.8. The first-order valence-electron chi connectivity index (χ1n) is 12.6. The number of carbonyl (C=O) groups is 2. The number of benzene rings is 3. The van der Waals surface area contributed by atoms with Gasteiger partial charge in [-0.3, -0.25) is 9.59 Å². The molecule has 0 radical (unpaired) electrons. The molecule has 3 aromatic carbocycles. The second kappa shape index (κ2) is 8.42. The summed E-state index contributed by atoms with van der Waals surface area (Å²) >= 11 is 12.7. The molecule has 188 valence electrons. The summed E-state index contributed by atoms with van der Waals surface area (Å²) in [6.45, 7) is 3.92. The Kier molecular flexibility index (Phi) is 5.19. The van der Waals surface area contributed by atoms with Gasteiger partial charge in [0.15, 0.2) is 0 Å². The Morgan fingerprint density at radius 1 is 0.763 bits per heavy atom. The van der Waals surface area contributed by atoms with Crippen LogP contribution in [-0.4, -0.2) is 27.6 Å². The Balaban J connectivity index is 1.27. The Morgan fingerprint density at radius 3 is 1.82 bits per heavy atom. The highest BCUT2D eigenvalue weighted by Crippen LogP contribution is 2.60. The van der Waals surface area contributed by atoms with Gasteiger partial charge in [-0.1, -0.05) is 71.7 Å². The van der Waals surface area contributed by atoms with Gasteiger partial charge in [0.2, 0.25) is 0 Å². The van der Waals surface area contributed by atoms with Gasteiger partial charge in [-0.25, -0.2) is 0 Å². The molecule has 1 saturated heterocycles. The lowest BCUT2D eigenvalue weighted by Crippen LogP contribution is -2.41. The van der Waals surface area contributed by atoms with Crippen molar-refractivity contribution in [1.82, 2.24) is 9.58 Å². The van der Waals surface area contributed by atoms with E-state index < -0.39 is 11.8 Å². The van der Waals surface area contributed by atoms with E-state index in [0.29, 0.717) is 10.0 Å². The van der Waals surface area contributed by atoms with E-state index in [1.165, 1.54) is 0 Å². The molecule has 0 saturated carbocycles. The minimum atomic E-state index is -0.452. The van der Waals surface area contributed by atoms with Crippen LogP contribution in [0.4, 0.5) is 0 Å². The molecular formula is C31H23Cl2N3O2. The van der Waals surface area contributed by atoms with Crippen molar-refractivity contribution in [3.63, 3.8) is 0 Å². The average Bonchev–Trinajstić information content (AvgIpc) is 3.35. The molecule has 0 N–H and O–H groups in total. The largest absolute Gasteiger partial charge is 0.316 e. The highest BCUT2D eigenvalue weighted by Gasteiger charge is 2.61. The number of hydrogen-bond acceptors (Lipinski definition) is 3. The Hall–Kier alpha value is -3.67. The number of rotatable bonds is 3. The van der Waals surface area contributed by atoms with Crippen molar-refractivity contribution in [1.29, 1.82) is 0 Å². The van der Waals surface area contributed by atoms with Crippen molar-refractivity contribution >= 4 is 41.2 Å². The number of amides is 2. The van der Waals surface area contributed by atoms with Crippen LogP contribution < -0.4 is 0 Å². The van der Waals surface area contributed by atoms with Crippen molar-refractivity contribution in [3.05, 3.63) is 122 Å². The number of halogens is 2. The van der Waals surface area contributed by atoms with E-state index in [9.17, 15) is 9.59 Å². The maximum absolute atomic E-state index is 13.8. The summed E-state index contributed by atoms with van der Waals surface area (Å²) in [5, 5.41) is 6.75. The molecule has 0 spiro atoms. The van der Waals surface area contributed by atoms with Crippen LogP contribution in [0.1, 0.15) is 51.0 Å². The third kappa shape index (κ3) is 3.15. The summed E-state index contributed by atoms with van der Waals surface area (Å²) in [4.78, 5) is 27.6. The molecule has 2 bridgehead atoms. The molecule has 5 nitrogen and oxygen atoms in total. The molecule has 3 aliphatic carbocycles. The van der Waals surface area contributed by atoms with Crippen molar-refractivity contribution < 1.29 is 9.59 Å². The van der Waals surface area contributed by atoms with Gasteiger partial charge in [0.25, 0.3) is 11.8 Å². The van der Waals surface area contributed by atoms with Gasteiger partial charge in [-0.2, -0.15) is 10.1 Å². The molecule has 1 aromatic heterocycles. The number of hydrazone groups is 1. The van der Waals surface area contributed by atoms with Crippen molar-refractivity contribution in [2.45, 2.75) is 25.7 Å². The average molecular weight is 540 g/mol. The van der Waals surface area contributed by atoms with Gasteiger partial charge in [-0.05, 0) is 60.4 Å². The number of imide groups is 1. The monoisotopic (exact) mass is 539 g/mol. The van der Waals surface area contributed by atoms with E-state index in [-0.39, 0.29) is 23.7 Å². The van der Waals surface area contributed by atoms with E-state index in [1.54, 1.807) is 18.3 Å². The number of aryl methyl sites for hydroxylation is 1. The number of nitrogens with zero attached hydrogens (tertiary/aromatic N) is 3. The van der Waals surface area contributed by atoms with E-state index >= 15 is 0 Å². The molecule has 1 aliphatic heterocycles. The molecule has 7 heteroatoms. The minimum absolute atomic E-state index is 0.149. The zero-order valence-corrected chi connectivity index (χ0v) is 22.2. The number of carbonyl (C=O) groups excluding carboxylic acids is 2. The molecule has 38 heavy (non-hydrogen) atoms. The third-order valence-corrected chi connectivity index (χ3v) is 8.91. The number of aromatic nitrogens is 1. The molecule has 2 heterocycles. The summed E-state index contributed by atoms with van der Waals surface area (Å²) < 4.78 is 2.00. The normalized spacial score (nSPS) is 23.2. The fourth-order valence-electron chi connectivity index (χ4n) is 6.84. The van der Waals surface area contributed by atoms with Crippen LogP contribution in [0.25, 0.3) is 5.69 Å². The van der Waals surface area contributed by atoms with E-state index in [2.05, 4.69) is 29.4 Å². The van der Waals surface area contributed by atoms with Crippen LogP contribution in [0.2, 0.25) is 10.0 Å². The Morgan fingerprint density at radius 2 is 1.29 bits per heavy atom. The summed E-state index contributed by atoms with van der Waals surface area (Å²) in [6, 6.07) is 23.7. The fourth-order valence-corrected chi connectivity index (χ4v) is 7.21. The second-order valence-electron chi connectivity index (χ2n) is 10.3. The zero-order chi connectivity index (χ0) is 26.3. The lowest BCUT2D eigenvalue weighted by Gasteiger charge is -2.45. The molecular weight excluding hydrogens is 517 g/mol. The van der Waals surface area contributed by atoms with E-state index in [4.69, 9.17) is 23.2 Å². The topological polar surface area (TPSA) is 54.7 Å². The summed E-state index contributed by atoms with van der Waals surface area (Å²) in [7, 11) is 0. The first-order chi connectivity index (χ1) is 18.4. The van der Waals surface area contributed by atoms with Crippen LogP contribution in [0.5, 0.6) is 0 Å². The van der Waals surface area contributed by atoms with Gasteiger partial charge in [0.05, 0.1) is 28.8 Å². The molecule has 4 aromatic rings. The highest BCUT2D eigenvalue weighted by atomic mass is 35.5. The van der Waals surface area contributed by atoms with Crippen molar-refractivity contribution in [2.24, 2.45) is 16.9 Å². The number of hydrogen-bond donors (Lipinski definition) is 0. The molecule has 2 atom stereocenters. The predicted octanol–water partition coefficient (Wildman–Crippen LogP) is 6.63. The predicted molar refractivity (Wildman–Crippen MR) is 148 cm³/mol. The van der Waals surface area contributed by atoms with Gasteiger partial charge in [0.1, 0.15) is 0 Å². The Bertz CT molecular complexity index is 1590. The van der Waals surface area contributed by atoms with Gasteiger partial charge >= 0.3 is 0 Å². The minimum Gasteiger partial charge on any atom is -0.316 e. The summed E-state index contributed by atoms with van der Waals surface area (Å²) in [6.07, 6.45) is 1.60. The molecule has 1 fully saturated rings. The fraction of sp³-hybridized carbons (Fsp3) is 0.194.